The van der Waals surface area contributed by atoms with Crippen LogP contribution < -0.4 is 10.1 Å². The van der Waals surface area contributed by atoms with Crippen LogP contribution in [0, 0.1) is 0 Å². The molecule has 0 radical (unpaired) electrons. The molecule has 0 aliphatic heterocycles. The number of amides is 1. The summed E-state index contributed by atoms with van der Waals surface area (Å²) in [7, 11) is 0. The molecule has 0 atom stereocenters. The fourth-order valence-electron chi connectivity index (χ4n) is 1.55. The fourth-order valence-corrected chi connectivity index (χ4v) is 1.70. The lowest BCUT2D eigenvalue weighted by molar-refractivity contribution is 0.102. The summed E-state index contributed by atoms with van der Waals surface area (Å²) >= 11 is 5.65. The van der Waals surface area contributed by atoms with Crippen molar-refractivity contribution in [1.29, 1.82) is 0 Å². The van der Waals surface area contributed by atoms with Gasteiger partial charge in [0.05, 0.1) is 6.10 Å². The number of halogens is 1. The number of carbonyl (C=O) groups is 1. The predicted octanol–water partition coefficient (Wildman–Crippen LogP) is 3.17. The number of benzene rings is 1. The van der Waals surface area contributed by atoms with Gasteiger partial charge in [0.2, 0.25) is 5.28 Å². The van der Waals surface area contributed by atoms with Crippen LogP contribution in [0.3, 0.4) is 0 Å². The Morgan fingerprint density at radius 2 is 1.95 bits per heavy atom. The third kappa shape index (κ3) is 3.93. The number of nitrogens with zero attached hydrogens (tertiary/aromatic N) is 2. The van der Waals surface area contributed by atoms with E-state index in [0.717, 1.165) is 5.75 Å². The Morgan fingerprint density at radius 1 is 1.25 bits per heavy atom. The standard InChI is InChI=1S/C14H14ClN3O2/c1-9(2)20-11-5-3-10(4-6-11)13(19)17-12-7-8-16-14(15)18-12/h3-9H,1-2H3,(H,16,17,18,19). The molecule has 1 heterocycles. The summed E-state index contributed by atoms with van der Waals surface area (Å²) in [5, 5.41) is 2.73. The van der Waals surface area contributed by atoms with E-state index in [0.29, 0.717) is 11.4 Å². The number of carbonyl (C=O) groups excluding carboxylic acids is 1. The maximum atomic E-state index is 12.0. The fraction of sp³-hybridized carbons (Fsp3) is 0.214. The number of hydrogen-bond donors (Lipinski definition) is 1. The third-order valence-corrected chi connectivity index (χ3v) is 2.54. The Balaban J connectivity index is 2.06. The van der Waals surface area contributed by atoms with Gasteiger partial charge in [0.25, 0.3) is 5.91 Å². The topological polar surface area (TPSA) is 64.1 Å². The van der Waals surface area contributed by atoms with E-state index in [1.54, 1.807) is 30.3 Å². The number of hydrogen-bond acceptors (Lipinski definition) is 4. The van der Waals surface area contributed by atoms with Crippen LogP contribution in [-0.2, 0) is 0 Å². The van der Waals surface area contributed by atoms with Crippen LogP contribution in [0.15, 0.2) is 36.5 Å². The van der Waals surface area contributed by atoms with Crippen LogP contribution >= 0.6 is 11.6 Å². The lowest BCUT2D eigenvalue weighted by Gasteiger charge is -2.10. The average molecular weight is 292 g/mol. The molecule has 1 aromatic carbocycles. The summed E-state index contributed by atoms with van der Waals surface area (Å²) in [6.45, 7) is 3.89. The highest BCUT2D eigenvalue weighted by Gasteiger charge is 2.08. The van der Waals surface area contributed by atoms with Gasteiger partial charge in [-0.15, -0.1) is 0 Å². The van der Waals surface area contributed by atoms with E-state index >= 15 is 0 Å². The van der Waals surface area contributed by atoms with Crippen molar-refractivity contribution in [3.63, 3.8) is 0 Å². The molecule has 0 saturated heterocycles. The zero-order valence-electron chi connectivity index (χ0n) is 11.1. The Bertz CT molecular complexity index is 600. The molecule has 2 rings (SSSR count). The van der Waals surface area contributed by atoms with Crippen molar-refractivity contribution < 1.29 is 9.53 Å². The van der Waals surface area contributed by atoms with Crippen molar-refractivity contribution in [2.75, 3.05) is 5.32 Å². The lowest BCUT2D eigenvalue weighted by Crippen LogP contribution is -2.13. The quantitative estimate of drug-likeness (QED) is 0.879. The second kappa shape index (κ2) is 6.34. The van der Waals surface area contributed by atoms with Gasteiger partial charge in [-0.2, -0.15) is 0 Å². The number of anilines is 1. The maximum absolute atomic E-state index is 12.0. The van der Waals surface area contributed by atoms with E-state index in [2.05, 4.69) is 15.3 Å². The highest BCUT2D eigenvalue weighted by atomic mass is 35.5. The molecular weight excluding hydrogens is 278 g/mol. The third-order valence-electron chi connectivity index (χ3n) is 2.36. The second-order valence-electron chi connectivity index (χ2n) is 4.36. The molecule has 1 N–H and O–H groups in total. The molecule has 0 unspecified atom stereocenters. The lowest BCUT2D eigenvalue weighted by atomic mass is 10.2. The van der Waals surface area contributed by atoms with Gasteiger partial charge >= 0.3 is 0 Å². The minimum absolute atomic E-state index is 0.0866. The van der Waals surface area contributed by atoms with Crippen LogP contribution in [0.1, 0.15) is 24.2 Å². The molecule has 2 aromatic rings. The molecule has 0 spiro atoms. The number of ether oxygens (including phenoxy) is 1. The van der Waals surface area contributed by atoms with Gasteiger partial charge in [-0.1, -0.05) is 0 Å². The molecule has 0 aliphatic carbocycles. The first-order chi connectivity index (χ1) is 9.54. The van der Waals surface area contributed by atoms with E-state index in [4.69, 9.17) is 16.3 Å². The summed E-state index contributed by atoms with van der Waals surface area (Å²) in [5.74, 6) is 0.815. The summed E-state index contributed by atoms with van der Waals surface area (Å²) in [4.78, 5) is 19.6. The number of aromatic nitrogens is 2. The van der Waals surface area contributed by atoms with Crippen LogP contribution in [0.2, 0.25) is 5.28 Å². The van der Waals surface area contributed by atoms with Gasteiger partial charge in [0.1, 0.15) is 11.6 Å². The van der Waals surface area contributed by atoms with Gasteiger partial charge in [0.15, 0.2) is 0 Å². The Hall–Kier alpha value is -2.14. The first kappa shape index (κ1) is 14.3. The molecule has 5 nitrogen and oxygen atoms in total. The molecule has 104 valence electrons. The van der Waals surface area contributed by atoms with Crippen molar-refractivity contribution in [2.24, 2.45) is 0 Å². The molecule has 1 amide bonds. The largest absolute Gasteiger partial charge is 0.491 e. The van der Waals surface area contributed by atoms with E-state index in [-0.39, 0.29) is 17.3 Å². The normalized spacial score (nSPS) is 10.4. The van der Waals surface area contributed by atoms with E-state index in [1.807, 2.05) is 13.8 Å². The smallest absolute Gasteiger partial charge is 0.256 e. The van der Waals surface area contributed by atoms with Gasteiger partial charge in [0, 0.05) is 11.8 Å². The Labute approximate surface area is 122 Å². The van der Waals surface area contributed by atoms with Crippen LogP contribution in [-0.4, -0.2) is 22.0 Å². The molecule has 0 saturated carbocycles. The Morgan fingerprint density at radius 3 is 2.55 bits per heavy atom. The summed E-state index contributed by atoms with van der Waals surface area (Å²) in [6.07, 6.45) is 1.57. The highest BCUT2D eigenvalue weighted by Crippen LogP contribution is 2.15. The zero-order chi connectivity index (χ0) is 14.5. The molecular formula is C14H14ClN3O2. The van der Waals surface area contributed by atoms with Crippen molar-refractivity contribution in [3.05, 3.63) is 47.4 Å². The molecule has 6 heteroatoms. The van der Waals surface area contributed by atoms with Gasteiger partial charge in [-0.3, -0.25) is 4.79 Å². The molecule has 0 bridgehead atoms. The van der Waals surface area contributed by atoms with Crippen molar-refractivity contribution in [3.8, 4) is 5.75 Å². The van der Waals surface area contributed by atoms with Gasteiger partial charge in [-0.25, -0.2) is 9.97 Å². The number of nitrogens with one attached hydrogen (secondary N) is 1. The maximum Gasteiger partial charge on any atom is 0.256 e. The van der Waals surface area contributed by atoms with Crippen LogP contribution in [0.4, 0.5) is 5.82 Å². The van der Waals surface area contributed by atoms with Crippen molar-refractivity contribution in [2.45, 2.75) is 20.0 Å². The summed E-state index contributed by atoms with van der Waals surface area (Å²) in [6, 6.07) is 8.45. The first-order valence-corrected chi connectivity index (χ1v) is 6.49. The van der Waals surface area contributed by atoms with Crippen LogP contribution in [0.25, 0.3) is 0 Å². The minimum Gasteiger partial charge on any atom is -0.491 e. The molecule has 0 aliphatic rings. The Kier molecular flexibility index (Phi) is 4.53. The zero-order valence-corrected chi connectivity index (χ0v) is 11.9. The monoisotopic (exact) mass is 291 g/mol. The van der Waals surface area contributed by atoms with Crippen molar-refractivity contribution in [1.82, 2.24) is 9.97 Å². The van der Waals surface area contributed by atoms with Gasteiger partial charge < -0.3 is 10.1 Å². The second-order valence-corrected chi connectivity index (χ2v) is 4.69. The number of rotatable bonds is 4. The minimum atomic E-state index is -0.268. The molecule has 20 heavy (non-hydrogen) atoms. The van der Waals surface area contributed by atoms with Crippen molar-refractivity contribution >= 4 is 23.3 Å². The van der Waals surface area contributed by atoms with Crippen LogP contribution in [0.5, 0.6) is 5.75 Å². The van der Waals surface area contributed by atoms with E-state index in [9.17, 15) is 4.79 Å². The van der Waals surface area contributed by atoms with Gasteiger partial charge in [-0.05, 0) is 55.8 Å². The predicted molar refractivity (Wildman–Crippen MR) is 77.2 cm³/mol. The SMILES string of the molecule is CC(C)Oc1ccc(C(=O)Nc2ccnc(Cl)n2)cc1. The van der Waals surface area contributed by atoms with E-state index < -0.39 is 0 Å². The summed E-state index contributed by atoms with van der Waals surface area (Å²) < 4.78 is 5.51. The van der Waals surface area contributed by atoms with E-state index in [1.165, 1.54) is 6.20 Å². The molecule has 1 aromatic heterocycles. The highest BCUT2D eigenvalue weighted by molar-refractivity contribution is 6.28. The molecule has 0 fully saturated rings. The average Bonchev–Trinajstić information content (AvgIpc) is 2.38. The first-order valence-electron chi connectivity index (χ1n) is 6.11. The summed E-state index contributed by atoms with van der Waals surface area (Å²) in [5.41, 5.74) is 0.510.